The van der Waals surface area contributed by atoms with Crippen LogP contribution in [0.2, 0.25) is 0 Å². The first-order valence-corrected chi connectivity index (χ1v) is 1.83. The summed E-state index contributed by atoms with van der Waals surface area (Å²) in [5, 5.41) is 0. The molecule has 0 fully saturated rings. The molecule has 0 aliphatic heterocycles. The predicted octanol–water partition coefficient (Wildman–Crippen LogP) is 2.71. The van der Waals surface area contributed by atoms with Crippen LogP contribution in [0.25, 0.3) is 0 Å². The summed E-state index contributed by atoms with van der Waals surface area (Å²) in [7, 11) is 0. The molecule has 0 N–H and O–H groups in total. The van der Waals surface area contributed by atoms with Gasteiger partial charge >= 0.3 is 0 Å². The van der Waals surface area contributed by atoms with Crippen molar-refractivity contribution in [1.82, 2.24) is 0 Å². The van der Waals surface area contributed by atoms with Crippen molar-refractivity contribution < 1.29 is 0 Å². The number of rotatable bonds is 0. The van der Waals surface area contributed by atoms with E-state index >= 15 is 0 Å². The summed E-state index contributed by atoms with van der Waals surface area (Å²) in [6.45, 7) is 10.0. The SMILES string of the molecule is C.C#C.C=C.CC. The van der Waals surface area contributed by atoms with Gasteiger partial charge in [0.1, 0.15) is 0 Å². The van der Waals surface area contributed by atoms with Gasteiger partial charge in [0, 0.05) is 0 Å². The van der Waals surface area contributed by atoms with Gasteiger partial charge in [0.25, 0.3) is 0 Å². The Hall–Kier alpha value is -0.700. The molecule has 0 aromatic carbocycles. The van der Waals surface area contributed by atoms with Gasteiger partial charge < -0.3 is 0 Å². The Morgan fingerprint density at radius 3 is 1.00 bits per heavy atom. The Morgan fingerprint density at radius 2 is 1.00 bits per heavy atom. The molecule has 0 heteroatoms. The third kappa shape index (κ3) is 118. The molecule has 0 aromatic rings. The minimum Gasteiger partial charge on any atom is -0.124 e. The van der Waals surface area contributed by atoms with E-state index in [0.29, 0.717) is 0 Å². The van der Waals surface area contributed by atoms with E-state index in [1.165, 1.54) is 0 Å². The molecule has 0 unspecified atom stereocenters. The zero-order chi connectivity index (χ0) is 6.00. The van der Waals surface area contributed by atoms with E-state index in [1.54, 1.807) is 0 Å². The van der Waals surface area contributed by atoms with Gasteiger partial charge in [-0.25, -0.2) is 0 Å². The van der Waals surface area contributed by atoms with Gasteiger partial charge in [-0.05, 0) is 0 Å². The van der Waals surface area contributed by atoms with Crippen LogP contribution in [0, 0.1) is 12.8 Å². The maximum absolute atomic E-state index is 4.00. The van der Waals surface area contributed by atoms with Crippen molar-refractivity contribution in [2.24, 2.45) is 0 Å². The minimum absolute atomic E-state index is 0. The molecule has 0 radical (unpaired) electrons. The van der Waals surface area contributed by atoms with Gasteiger partial charge in [0.05, 0.1) is 0 Å². The van der Waals surface area contributed by atoms with Crippen LogP contribution in [0.1, 0.15) is 21.3 Å². The van der Waals surface area contributed by atoms with Gasteiger partial charge in [-0.3, -0.25) is 0 Å². The molecule has 0 atom stereocenters. The molecule has 0 spiro atoms. The standard InChI is InChI=1S/C2H6.C2H4.C2H2.CH4/c3*1-2;/h1-2H3;1-2H2;1-2H;1H4. The fourth-order valence-corrected chi connectivity index (χ4v) is 0. The van der Waals surface area contributed by atoms with E-state index in [0.717, 1.165) is 0 Å². The molecule has 0 heterocycles. The molecule has 0 nitrogen and oxygen atoms in total. The highest BCUT2D eigenvalue weighted by atomic mass is 13.0. The lowest BCUT2D eigenvalue weighted by Crippen LogP contribution is -0.856. The molecule has 0 aliphatic carbocycles. The van der Waals surface area contributed by atoms with E-state index in [4.69, 9.17) is 0 Å². The first kappa shape index (κ1) is 33.5. The van der Waals surface area contributed by atoms with E-state index in [2.05, 4.69) is 26.0 Å². The predicted molar refractivity (Wildman–Crippen MR) is 39.2 cm³/mol. The Balaban J connectivity index is -0.00000000900. The molecule has 0 aliphatic rings. The topological polar surface area (TPSA) is 0 Å². The molecule has 0 bridgehead atoms. The lowest BCUT2D eigenvalue weighted by atomic mass is 11.0. The lowest BCUT2D eigenvalue weighted by Gasteiger charge is -1.07. The van der Waals surface area contributed by atoms with Crippen LogP contribution in [-0.2, 0) is 0 Å². The zero-order valence-electron chi connectivity index (χ0n) is 4.57. The zero-order valence-corrected chi connectivity index (χ0v) is 4.57. The van der Waals surface area contributed by atoms with Crippen LogP contribution in [-0.4, -0.2) is 0 Å². The van der Waals surface area contributed by atoms with Crippen molar-refractivity contribution in [3.63, 3.8) is 0 Å². The van der Waals surface area contributed by atoms with Crippen molar-refractivity contribution in [1.29, 1.82) is 0 Å². The Bertz CT molecular complexity index is 11.2. The van der Waals surface area contributed by atoms with Crippen LogP contribution in [0.4, 0.5) is 0 Å². The van der Waals surface area contributed by atoms with Gasteiger partial charge in [0.2, 0.25) is 0 Å². The fourth-order valence-electron chi connectivity index (χ4n) is 0. The summed E-state index contributed by atoms with van der Waals surface area (Å²) in [5.74, 6) is 0. The smallest absolute Gasteiger partial charge is 0.0683 e. The van der Waals surface area contributed by atoms with E-state index < -0.39 is 0 Å². The second kappa shape index (κ2) is 200. The lowest BCUT2D eigenvalue weighted by molar-refractivity contribution is 1.50. The van der Waals surface area contributed by atoms with E-state index in [9.17, 15) is 0 Å². The molecule has 44 valence electrons. The molecule has 0 aromatic heterocycles. The summed E-state index contributed by atoms with van der Waals surface area (Å²) in [5.41, 5.74) is 0. The van der Waals surface area contributed by atoms with Crippen LogP contribution in [0.15, 0.2) is 13.2 Å². The van der Waals surface area contributed by atoms with Crippen LogP contribution in [0.5, 0.6) is 0 Å². The van der Waals surface area contributed by atoms with Crippen molar-refractivity contribution in [3.05, 3.63) is 13.2 Å². The molecule has 0 saturated heterocycles. The summed E-state index contributed by atoms with van der Waals surface area (Å²) < 4.78 is 0. The third-order valence-corrected chi connectivity index (χ3v) is 0. The summed E-state index contributed by atoms with van der Waals surface area (Å²) >= 11 is 0. The number of terminal acetylenes is 1. The second-order valence-electron chi connectivity index (χ2n) is 0. The van der Waals surface area contributed by atoms with Crippen molar-refractivity contribution in [2.75, 3.05) is 0 Å². The highest BCUT2D eigenvalue weighted by Crippen LogP contribution is 1.14. The summed E-state index contributed by atoms with van der Waals surface area (Å²) in [6, 6.07) is 0. The monoisotopic (exact) mass is 100 g/mol. The first-order valence-electron chi connectivity index (χ1n) is 1.83. The highest BCUT2D eigenvalue weighted by Gasteiger charge is 0.932. The van der Waals surface area contributed by atoms with Gasteiger partial charge in [0.15, 0.2) is 0 Å². The van der Waals surface area contributed by atoms with Gasteiger partial charge in [-0.2, -0.15) is 0 Å². The van der Waals surface area contributed by atoms with Gasteiger partial charge in [-0.15, -0.1) is 26.0 Å². The number of hydrogen-bond donors (Lipinski definition) is 0. The Morgan fingerprint density at radius 1 is 1.00 bits per heavy atom. The van der Waals surface area contributed by atoms with Crippen molar-refractivity contribution in [2.45, 2.75) is 21.3 Å². The average molecular weight is 100 g/mol. The first-order chi connectivity index (χ1) is 3.00. The van der Waals surface area contributed by atoms with Gasteiger partial charge in [-0.1, -0.05) is 21.3 Å². The quantitative estimate of drug-likeness (QED) is 0.324. The number of hydrogen-bond acceptors (Lipinski definition) is 0. The Kier molecular flexibility index (Phi) is 956. The van der Waals surface area contributed by atoms with E-state index in [1.807, 2.05) is 13.8 Å². The maximum Gasteiger partial charge on any atom is -0.0683 e. The normalized spacial score (nSPS) is 1.71. The van der Waals surface area contributed by atoms with Crippen LogP contribution < -0.4 is 0 Å². The summed E-state index contributed by atoms with van der Waals surface area (Å²) in [4.78, 5) is 0. The fraction of sp³-hybridized carbons (Fsp3) is 0.429. The minimum atomic E-state index is 0. The molecular weight excluding hydrogens is 84.1 g/mol. The molecule has 0 saturated carbocycles. The van der Waals surface area contributed by atoms with Crippen LogP contribution in [0.3, 0.4) is 0 Å². The molecular formula is C7H16. The van der Waals surface area contributed by atoms with E-state index in [-0.39, 0.29) is 7.43 Å². The molecule has 0 rings (SSSR count). The Labute approximate surface area is 48.3 Å². The third-order valence-electron chi connectivity index (χ3n) is 0. The van der Waals surface area contributed by atoms with Crippen molar-refractivity contribution >= 4 is 0 Å². The maximum atomic E-state index is 4.00. The summed E-state index contributed by atoms with van der Waals surface area (Å²) in [6.07, 6.45) is 8.00. The second-order valence-corrected chi connectivity index (χ2v) is 0. The largest absolute Gasteiger partial charge is 0.124 e. The molecule has 7 heavy (non-hydrogen) atoms. The van der Waals surface area contributed by atoms with Crippen molar-refractivity contribution in [3.8, 4) is 12.8 Å². The average Bonchev–Trinajstić information content (AvgIpc) is 1.81. The highest BCUT2D eigenvalue weighted by molar-refractivity contribution is 4.47. The van der Waals surface area contributed by atoms with Crippen LogP contribution >= 0.6 is 0 Å². The molecule has 0 amide bonds.